The van der Waals surface area contributed by atoms with Gasteiger partial charge in [-0.25, -0.2) is 0 Å². The van der Waals surface area contributed by atoms with E-state index in [0.29, 0.717) is 12.1 Å². The molecule has 0 radical (unpaired) electrons. The van der Waals surface area contributed by atoms with Crippen molar-refractivity contribution in [2.75, 3.05) is 52.4 Å². The molecule has 1 aromatic rings. The van der Waals surface area contributed by atoms with Gasteiger partial charge in [0, 0.05) is 45.3 Å². The summed E-state index contributed by atoms with van der Waals surface area (Å²) in [5.41, 5.74) is 1.39. The third-order valence-corrected chi connectivity index (χ3v) is 4.59. The number of benzene rings is 1. The van der Waals surface area contributed by atoms with Gasteiger partial charge in [0.05, 0.1) is 12.7 Å². The molecule has 0 saturated carbocycles. The van der Waals surface area contributed by atoms with E-state index in [4.69, 9.17) is 4.74 Å². The lowest BCUT2D eigenvalue weighted by molar-refractivity contribution is -0.0446. The predicted octanol–water partition coefficient (Wildman–Crippen LogP) is 1.35. The highest BCUT2D eigenvalue weighted by atomic mass is 16.5. The second kappa shape index (κ2) is 7.36. The van der Waals surface area contributed by atoms with E-state index in [1.807, 2.05) is 0 Å². The molecule has 0 spiro atoms. The molecule has 0 bridgehead atoms. The Morgan fingerprint density at radius 1 is 1.14 bits per heavy atom. The van der Waals surface area contributed by atoms with E-state index in [9.17, 15) is 0 Å². The standard InChI is InChI=1S/C17H27N3O/c1-2-19-10-11-21-16(12-19)13-20-9-8-18-17(14-20)15-6-4-3-5-7-15/h3-7,16-18H,2,8-14H2,1H3. The molecule has 2 unspecified atom stereocenters. The van der Waals surface area contributed by atoms with E-state index in [1.54, 1.807) is 0 Å². The fourth-order valence-corrected chi connectivity index (χ4v) is 3.35. The number of piperazine rings is 1. The molecule has 4 nitrogen and oxygen atoms in total. The highest BCUT2D eigenvalue weighted by Crippen LogP contribution is 2.18. The summed E-state index contributed by atoms with van der Waals surface area (Å²) in [6.07, 6.45) is 0.369. The topological polar surface area (TPSA) is 27.7 Å². The average Bonchev–Trinajstić information content (AvgIpc) is 2.56. The fraction of sp³-hybridized carbons (Fsp3) is 0.647. The van der Waals surface area contributed by atoms with E-state index < -0.39 is 0 Å². The van der Waals surface area contributed by atoms with Crippen LogP contribution in [-0.2, 0) is 4.74 Å². The lowest BCUT2D eigenvalue weighted by Crippen LogP contribution is -2.52. The molecule has 2 fully saturated rings. The van der Waals surface area contributed by atoms with E-state index in [1.165, 1.54) is 5.56 Å². The van der Waals surface area contributed by atoms with Crippen LogP contribution in [0.25, 0.3) is 0 Å². The lowest BCUT2D eigenvalue weighted by atomic mass is 10.0. The summed E-state index contributed by atoms with van der Waals surface area (Å²) in [5.74, 6) is 0. The number of likely N-dealkylation sites (N-methyl/N-ethyl adjacent to an activating group) is 1. The van der Waals surface area contributed by atoms with Crippen molar-refractivity contribution < 1.29 is 4.74 Å². The minimum absolute atomic E-state index is 0.369. The summed E-state index contributed by atoms with van der Waals surface area (Å²) in [6, 6.07) is 11.2. The van der Waals surface area contributed by atoms with Crippen LogP contribution in [0.4, 0.5) is 0 Å². The van der Waals surface area contributed by atoms with Crippen molar-refractivity contribution in [1.82, 2.24) is 15.1 Å². The van der Waals surface area contributed by atoms with Gasteiger partial charge in [-0.05, 0) is 12.1 Å². The van der Waals surface area contributed by atoms with Crippen molar-refractivity contribution in [3.05, 3.63) is 35.9 Å². The summed E-state index contributed by atoms with van der Waals surface area (Å²) < 4.78 is 5.95. The maximum atomic E-state index is 5.95. The molecular formula is C17H27N3O. The number of hydrogen-bond donors (Lipinski definition) is 1. The molecule has 2 aliphatic heterocycles. The molecule has 116 valence electrons. The van der Waals surface area contributed by atoms with E-state index >= 15 is 0 Å². The maximum absolute atomic E-state index is 5.95. The van der Waals surface area contributed by atoms with Gasteiger partial charge in [0.25, 0.3) is 0 Å². The molecule has 0 aromatic heterocycles. The van der Waals surface area contributed by atoms with Crippen molar-refractivity contribution in [3.8, 4) is 0 Å². The van der Waals surface area contributed by atoms with E-state index in [-0.39, 0.29) is 0 Å². The first-order chi connectivity index (χ1) is 10.3. The van der Waals surface area contributed by atoms with Crippen LogP contribution in [0.15, 0.2) is 30.3 Å². The lowest BCUT2D eigenvalue weighted by Gasteiger charge is -2.39. The summed E-state index contributed by atoms with van der Waals surface area (Å²) in [5, 5.41) is 3.63. The van der Waals surface area contributed by atoms with Gasteiger partial charge in [-0.3, -0.25) is 9.80 Å². The van der Waals surface area contributed by atoms with E-state index in [2.05, 4.69) is 52.4 Å². The van der Waals surface area contributed by atoms with Gasteiger partial charge in [0.1, 0.15) is 0 Å². The van der Waals surface area contributed by atoms with Crippen molar-refractivity contribution in [1.29, 1.82) is 0 Å². The van der Waals surface area contributed by atoms with Crippen molar-refractivity contribution >= 4 is 0 Å². The summed E-state index contributed by atoms with van der Waals surface area (Å²) in [6.45, 7) is 10.7. The highest BCUT2D eigenvalue weighted by molar-refractivity contribution is 5.19. The molecule has 2 heterocycles. The van der Waals surface area contributed by atoms with Gasteiger partial charge in [-0.1, -0.05) is 37.3 Å². The fourth-order valence-electron chi connectivity index (χ4n) is 3.35. The van der Waals surface area contributed by atoms with Crippen LogP contribution in [0.3, 0.4) is 0 Å². The van der Waals surface area contributed by atoms with Crippen molar-refractivity contribution in [2.24, 2.45) is 0 Å². The summed E-state index contributed by atoms with van der Waals surface area (Å²) in [4.78, 5) is 5.04. The largest absolute Gasteiger partial charge is 0.374 e. The van der Waals surface area contributed by atoms with Crippen LogP contribution in [-0.4, -0.2) is 68.3 Å². The zero-order valence-corrected chi connectivity index (χ0v) is 13.0. The molecule has 21 heavy (non-hydrogen) atoms. The van der Waals surface area contributed by atoms with Gasteiger partial charge in [0.2, 0.25) is 0 Å². The number of nitrogens with zero attached hydrogens (tertiary/aromatic N) is 2. The van der Waals surface area contributed by atoms with Crippen LogP contribution < -0.4 is 5.32 Å². The van der Waals surface area contributed by atoms with Gasteiger partial charge in [-0.2, -0.15) is 0 Å². The van der Waals surface area contributed by atoms with Gasteiger partial charge in [0.15, 0.2) is 0 Å². The molecular weight excluding hydrogens is 262 g/mol. The van der Waals surface area contributed by atoms with Crippen LogP contribution in [0.5, 0.6) is 0 Å². The summed E-state index contributed by atoms with van der Waals surface area (Å²) in [7, 11) is 0. The quantitative estimate of drug-likeness (QED) is 0.906. The van der Waals surface area contributed by atoms with Crippen LogP contribution >= 0.6 is 0 Å². The Bertz CT molecular complexity index is 425. The number of morpholine rings is 1. The maximum Gasteiger partial charge on any atom is 0.0829 e. The molecule has 1 aromatic carbocycles. The first kappa shape index (κ1) is 15.0. The second-order valence-electron chi connectivity index (χ2n) is 6.06. The molecule has 0 aliphatic carbocycles. The zero-order chi connectivity index (χ0) is 14.5. The molecule has 2 atom stereocenters. The van der Waals surface area contributed by atoms with Gasteiger partial charge < -0.3 is 10.1 Å². The van der Waals surface area contributed by atoms with E-state index in [0.717, 1.165) is 52.4 Å². The van der Waals surface area contributed by atoms with Crippen molar-refractivity contribution in [3.63, 3.8) is 0 Å². The molecule has 2 aliphatic rings. The Morgan fingerprint density at radius 3 is 2.81 bits per heavy atom. The number of hydrogen-bond acceptors (Lipinski definition) is 4. The Labute approximate surface area is 128 Å². The molecule has 0 amide bonds. The van der Waals surface area contributed by atoms with Crippen molar-refractivity contribution in [2.45, 2.75) is 19.1 Å². The Hall–Kier alpha value is -0.940. The van der Waals surface area contributed by atoms with Gasteiger partial charge >= 0.3 is 0 Å². The SMILES string of the molecule is CCN1CCOC(CN2CCNC(c3ccccc3)C2)C1. The number of nitrogens with one attached hydrogen (secondary N) is 1. The highest BCUT2D eigenvalue weighted by Gasteiger charge is 2.25. The summed E-state index contributed by atoms with van der Waals surface area (Å²) >= 11 is 0. The molecule has 3 rings (SSSR count). The zero-order valence-electron chi connectivity index (χ0n) is 13.0. The molecule has 1 N–H and O–H groups in total. The van der Waals surface area contributed by atoms with Gasteiger partial charge in [-0.15, -0.1) is 0 Å². The normalized spacial score (nSPS) is 28.6. The van der Waals surface area contributed by atoms with Crippen LogP contribution in [0, 0.1) is 0 Å². The molecule has 2 saturated heterocycles. The number of rotatable bonds is 4. The molecule has 4 heteroatoms. The minimum atomic E-state index is 0.369. The monoisotopic (exact) mass is 289 g/mol. The Morgan fingerprint density at radius 2 is 2.00 bits per heavy atom. The Kier molecular flexibility index (Phi) is 5.25. The van der Waals surface area contributed by atoms with Crippen LogP contribution in [0.1, 0.15) is 18.5 Å². The Balaban J connectivity index is 1.54. The second-order valence-corrected chi connectivity index (χ2v) is 6.06. The number of ether oxygens (including phenoxy) is 1. The minimum Gasteiger partial charge on any atom is -0.374 e. The first-order valence-corrected chi connectivity index (χ1v) is 8.20. The third-order valence-electron chi connectivity index (χ3n) is 4.59. The predicted molar refractivity (Wildman–Crippen MR) is 85.5 cm³/mol. The smallest absolute Gasteiger partial charge is 0.0829 e. The third kappa shape index (κ3) is 4.04. The van der Waals surface area contributed by atoms with Crippen LogP contribution in [0.2, 0.25) is 0 Å². The average molecular weight is 289 g/mol. The first-order valence-electron chi connectivity index (χ1n) is 8.20.